The zero-order valence-corrected chi connectivity index (χ0v) is 12.0. The summed E-state index contributed by atoms with van der Waals surface area (Å²) < 4.78 is 19.4. The Morgan fingerprint density at radius 1 is 1.32 bits per heavy atom. The lowest BCUT2D eigenvalue weighted by Crippen LogP contribution is -2.35. The lowest BCUT2D eigenvalue weighted by molar-refractivity contribution is 0.0102. The molecule has 0 heterocycles. The van der Waals surface area contributed by atoms with E-state index in [4.69, 9.17) is 16.3 Å². The van der Waals surface area contributed by atoms with Crippen molar-refractivity contribution in [3.63, 3.8) is 0 Å². The van der Waals surface area contributed by atoms with E-state index in [2.05, 4.69) is 12.2 Å². The third kappa shape index (κ3) is 4.44. The second-order valence-electron chi connectivity index (χ2n) is 5.08. The molecule has 0 saturated heterocycles. The highest BCUT2D eigenvalue weighted by Gasteiger charge is 2.21. The van der Waals surface area contributed by atoms with Gasteiger partial charge in [-0.15, -0.1) is 0 Å². The van der Waals surface area contributed by atoms with Gasteiger partial charge in [0.05, 0.1) is 12.7 Å². The van der Waals surface area contributed by atoms with Gasteiger partial charge in [0.25, 0.3) is 0 Å². The molecule has 1 aliphatic carbocycles. The maximum atomic E-state index is 13.6. The molecule has 4 heteroatoms. The van der Waals surface area contributed by atoms with Gasteiger partial charge in [-0.05, 0) is 44.4 Å². The van der Waals surface area contributed by atoms with Crippen molar-refractivity contribution in [1.82, 2.24) is 5.32 Å². The largest absolute Gasteiger partial charge is 0.373 e. The van der Waals surface area contributed by atoms with Crippen LogP contribution in [0.25, 0.3) is 0 Å². The Bertz CT molecular complexity index is 405. The second-order valence-corrected chi connectivity index (χ2v) is 5.51. The molecule has 0 aromatic heterocycles. The van der Waals surface area contributed by atoms with Crippen LogP contribution in [-0.2, 0) is 11.3 Å². The standard InChI is InChI=1S/C15H21ClFNO/c1-2-18-13-5-7-14(8-6-13)19-10-11-3-4-12(16)9-15(11)17/h3-4,9,13-14,18H,2,5-8,10H2,1H3. The predicted molar refractivity (Wildman–Crippen MR) is 75.9 cm³/mol. The van der Waals surface area contributed by atoms with Gasteiger partial charge in [-0.2, -0.15) is 0 Å². The molecule has 0 amide bonds. The molecule has 0 unspecified atom stereocenters. The van der Waals surface area contributed by atoms with Crippen molar-refractivity contribution < 1.29 is 9.13 Å². The van der Waals surface area contributed by atoms with Gasteiger partial charge in [-0.25, -0.2) is 4.39 Å². The number of rotatable bonds is 5. The molecule has 0 atom stereocenters. The summed E-state index contributed by atoms with van der Waals surface area (Å²) in [4.78, 5) is 0. The molecule has 106 valence electrons. The van der Waals surface area contributed by atoms with Crippen molar-refractivity contribution in [2.24, 2.45) is 0 Å². The molecule has 1 fully saturated rings. The molecule has 0 spiro atoms. The molecule has 19 heavy (non-hydrogen) atoms. The van der Waals surface area contributed by atoms with Crippen LogP contribution < -0.4 is 5.32 Å². The summed E-state index contributed by atoms with van der Waals surface area (Å²) in [6, 6.07) is 5.35. The van der Waals surface area contributed by atoms with Crippen LogP contribution in [0.3, 0.4) is 0 Å². The van der Waals surface area contributed by atoms with E-state index in [0.29, 0.717) is 23.2 Å². The maximum absolute atomic E-state index is 13.6. The Labute approximate surface area is 119 Å². The van der Waals surface area contributed by atoms with Crippen LogP contribution in [0.15, 0.2) is 18.2 Å². The molecule has 0 aliphatic heterocycles. The summed E-state index contributed by atoms with van der Waals surface area (Å²) in [6.07, 6.45) is 4.63. The quantitative estimate of drug-likeness (QED) is 0.885. The Morgan fingerprint density at radius 3 is 2.68 bits per heavy atom. The van der Waals surface area contributed by atoms with Crippen LogP contribution in [0.5, 0.6) is 0 Å². The molecule has 1 aliphatic rings. The Kier molecular flexibility index (Phi) is 5.61. The zero-order chi connectivity index (χ0) is 13.7. The van der Waals surface area contributed by atoms with E-state index < -0.39 is 0 Å². The Hall–Kier alpha value is -0.640. The topological polar surface area (TPSA) is 21.3 Å². The highest BCUT2D eigenvalue weighted by atomic mass is 35.5. The predicted octanol–water partition coefficient (Wildman–Crippen LogP) is 3.92. The first-order valence-corrected chi connectivity index (χ1v) is 7.35. The van der Waals surface area contributed by atoms with Gasteiger partial charge in [0.2, 0.25) is 0 Å². The van der Waals surface area contributed by atoms with Crippen LogP contribution in [0.2, 0.25) is 5.02 Å². The van der Waals surface area contributed by atoms with Crippen molar-refractivity contribution in [3.8, 4) is 0 Å². The molecule has 1 aromatic carbocycles. The van der Waals surface area contributed by atoms with Crippen molar-refractivity contribution in [3.05, 3.63) is 34.6 Å². The summed E-state index contributed by atoms with van der Waals surface area (Å²) in [6.45, 7) is 3.48. The van der Waals surface area contributed by atoms with Gasteiger partial charge in [-0.1, -0.05) is 24.6 Å². The van der Waals surface area contributed by atoms with Crippen LogP contribution in [0.4, 0.5) is 4.39 Å². The summed E-state index contributed by atoms with van der Waals surface area (Å²) in [5, 5.41) is 3.89. The minimum Gasteiger partial charge on any atom is -0.373 e. The fourth-order valence-electron chi connectivity index (χ4n) is 2.57. The summed E-state index contributed by atoms with van der Waals surface area (Å²) in [5.41, 5.74) is 0.582. The minimum absolute atomic E-state index is 0.255. The number of benzene rings is 1. The molecule has 2 nitrogen and oxygen atoms in total. The fraction of sp³-hybridized carbons (Fsp3) is 0.600. The van der Waals surface area contributed by atoms with Gasteiger partial charge < -0.3 is 10.1 Å². The number of halogens is 2. The SMILES string of the molecule is CCNC1CCC(OCc2ccc(Cl)cc2F)CC1. The molecule has 2 rings (SSSR count). The molecular formula is C15H21ClFNO. The van der Waals surface area contributed by atoms with E-state index in [1.807, 2.05) is 0 Å². The molecule has 1 N–H and O–H groups in total. The van der Waals surface area contributed by atoms with Gasteiger partial charge in [0.1, 0.15) is 5.82 Å². The maximum Gasteiger partial charge on any atom is 0.130 e. The number of hydrogen-bond acceptors (Lipinski definition) is 2. The van der Waals surface area contributed by atoms with Gasteiger partial charge in [0, 0.05) is 16.6 Å². The number of nitrogens with one attached hydrogen (secondary N) is 1. The highest BCUT2D eigenvalue weighted by molar-refractivity contribution is 6.30. The van der Waals surface area contributed by atoms with E-state index in [9.17, 15) is 4.39 Å². The molecule has 0 radical (unpaired) electrons. The minimum atomic E-state index is -0.283. The second kappa shape index (κ2) is 7.22. The smallest absolute Gasteiger partial charge is 0.130 e. The van der Waals surface area contributed by atoms with E-state index >= 15 is 0 Å². The third-order valence-corrected chi connectivity index (χ3v) is 3.89. The van der Waals surface area contributed by atoms with E-state index in [0.717, 1.165) is 32.2 Å². The van der Waals surface area contributed by atoms with Crippen molar-refractivity contribution in [2.75, 3.05) is 6.54 Å². The van der Waals surface area contributed by atoms with Gasteiger partial charge in [-0.3, -0.25) is 0 Å². The first kappa shape index (κ1) is 14.8. The van der Waals surface area contributed by atoms with Crippen LogP contribution in [-0.4, -0.2) is 18.7 Å². The van der Waals surface area contributed by atoms with Crippen LogP contribution >= 0.6 is 11.6 Å². The molecule has 1 aromatic rings. The van der Waals surface area contributed by atoms with Crippen molar-refractivity contribution in [2.45, 2.75) is 51.4 Å². The van der Waals surface area contributed by atoms with E-state index in [1.54, 1.807) is 12.1 Å². The molecule has 0 bridgehead atoms. The van der Waals surface area contributed by atoms with Gasteiger partial charge >= 0.3 is 0 Å². The van der Waals surface area contributed by atoms with Crippen LogP contribution in [0.1, 0.15) is 38.2 Å². The first-order valence-electron chi connectivity index (χ1n) is 6.98. The van der Waals surface area contributed by atoms with E-state index in [1.165, 1.54) is 6.07 Å². The molecule has 1 saturated carbocycles. The lowest BCUT2D eigenvalue weighted by Gasteiger charge is -2.29. The van der Waals surface area contributed by atoms with Gasteiger partial charge in [0.15, 0.2) is 0 Å². The lowest BCUT2D eigenvalue weighted by atomic mass is 9.93. The Morgan fingerprint density at radius 2 is 2.05 bits per heavy atom. The van der Waals surface area contributed by atoms with Crippen LogP contribution in [0, 0.1) is 5.82 Å². The number of ether oxygens (including phenoxy) is 1. The average Bonchev–Trinajstić information content (AvgIpc) is 2.40. The number of hydrogen-bond donors (Lipinski definition) is 1. The fourth-order valence-corrected chi connectivity index (χ4v) is 2.73. The third-order valence-electron chi connectivity index (χ3n) is 3.66. The Balaban J connectivity index is 1.77. The average molecular weight is 286 g/mol. The monoisotopic (exact) mass is 285 g/mol. The highest BCUT2D eigenvalue weighted by Crippen LogP contribution is 2.23. The summed E-state index contributed by atoms with van der Waals surface area (Å²) in [5.74, 6) is -0.283. The summed E-state index contributed by atoms with van der Waals surface area (Å²) in [7, 11) is 0. The van der Waals surface area contributed by atoms with E-state index in [-0.39, 0.29) is 11.9 Å². The summed E-state index contributed by atoms with van der Waals surface area (Å²) >= 11 is 5.72. The zero-order valence-electron chi connectivity index (χ0n) is 11.3. The van der Waals surface area contributed by atoms with Crippen molar-refractivity contribution in [1.29, 1.82) is 0 Å². The molecular weight excluding hydrogens is 265 g/mol. The first-order chi connectivity index (χ1) is 9.19. The van der Waals surface area contributed by atoms with Crippen molar-refractivity contribution >= 4 is 11.6 Å². The normalized spacial score (nSPS) is 23.5.